The Morgan fingerprint density at radius 1 is 1.57 bits per heavy atom. The summed E-state index contributed by atoms with van der Waals surface area (Å²) in [6.45, 7) is 3.57. The van der Waals surface area contributed by atoms with Crippen LogP contribution in [0.2, 0.25) is 0 Å². The van der Waals surface area contributed by atoms with Crippen LogP contribution in [0.25, 0.3) is 0 Å². The van der Waals surface area contributed by atoms with E-state index in [0.29, 0.717) is 18.4 Å². The molecule has 1 saturated heterocycles. The topological polar surface area (TPSA) is 60.4 Å². The summed E-state index contributed by atoms with van der Waals surface area (Å²) in [5, 5.41) is 0. The van der Waals surface area contributed by atoms with E-state index in [1.165, 1.54) is 7.11 Å². The second-order valence-electron chi connectivity index (χ2n) is 3.57. The van der Waals surface area contributed by atoms with Crippen molar-refractivity contribution in [3.05, 3.63) is 12.2 Å². The Hall–Kier alpha value is -0.840. The molecule has 0 N–H and O–H groups in total. The van der Waals surface area contributed by atoms with E-state index in [1.54, 1.807) is 0 Å². The minimum Gasteiger partial charge on any atom is -0.466 e. The van der Waals surface area contributed by atoms with E-state index >= 15 is 0 Å². The van der Waals surface area contributed by atoms with Crippen molar-refractivity contribution in [3.63, 3.8) is 0 Å². The van der Waals surface area contributed by atoms with Gasteiger partial charge in [0.25, 0.3) is 0 Å². The number of carbonyl (C=O) groups is 1. The SMILES string of the molecule is C=C(CC1CCS(=O)(=O)C1)C(=O)OC. The number of rotatable bonds is 3. The van der Waals surface area contributed by atoms with Crippen LogP contribution in [0.1, 0.15) is 12.8 Å². The molecule has 1 aliphatic rings. The van der Waals surface area contributed by atoms with E-state index in [-0.39, 0.29) is 17.4 Å². The molecule has 0 radical (unpaired) electrons. The summed E-state index contributed by atoms with van der Waals surface area (Å²) in [4.78, 5) is 11.0. The molecular formula is C9H14O4S. The lowest BCUT2D eigenvalue weighted by Gasteiger charge is -2.07. The average molecular weight is 218 g/mol. The molecule has 14 heavy (non-hydrogen) atoms. The summed E-state index contributed by atoms with van der Waals surface area (Å²) in [7, 11) is -1.58. The maximum absolute atomic E-state index is 11.1. The molecule has 1 fully saturated rings. The molecule has 1 heterocycles. The molecule has 5 heteroatoms. The van der Waals surface area contributed by atoms with E-state index in [4.69, 9.17) is 0 Å². The van der Waals surface area contributed by atoms with Crippen molar-refractivity contribution in [2.45, 2.75) is 12.8 Å². The van der Waals surface area contributed by atoms with Gasteiger partial charge in [0, 0.05) is 5.57 Å². The highest BCUT2D eigenvalue weighted by Crippen LogP contribution is 2.24. The molecule has 0 aromatic carbocycles. The lowest BCUT2D eigenvalue weighted by atomic mass is 10.0. The summed E-state index contributed by atoms with van der Waals surface area (Å²) in [6, 6.07) is 0. The van der Waals surface area contributed by atoms with Gasteiger partial charge in [-0.05, 0) is 18.8 Å². The second kappa shape index (κ2) is 4.13. The molecule has 1 atom stereocenters. The molecule has 1 unspecified atom stereocenters. The molecule has 0 spiro atoms. The largest absolute Gasteiger partial charge is 0.466 e. The summed E-state index contributed by atoms with van der Waals surface area (Å²) < 4.78 is 26.7. The second-order valence-corrected chi connectivity index (χ2v) is 5.80. The van der Waals surface area contributed by atoms with Crippen molar-refractivity contribution >= 4 is 15.8 Å². The van der Waals surface area contributed by atoms with E-state index < -0.39 is 15.8 Å². The van der Waals surface area contributed by atoms with Gasteiger partial charge in [-0.1, -0.05) is 6.58 Å². The number of methoxy groups -OCH3 is 1. The maximum Gasteiger partial charge on any atom is 0.333 e. The molecule has 1 rings (SSSR count). The Morgan fingerprint density at radius 2 is 2.21 bits per heavy atom. The quantitative estimate of drug-likeness (QED) is 0.512. The highest BCUT2D eigenvalue weighted by molar-refractivity contribution is 7.91. The Balaban J connectivity index is 2.48. The van der Waals surface area contributed by atoms with Gasteiger partial charge in [0.2, 0.25) is 0 Å². The van der Waals surface area contributed by atoms with Crippen LogP contribution in [0.4, 0.5) is 0 Å². The lowest BCUT2D eigenvalue weighted by Crippen LogP contribution is -2.10. The molecule has 4 nitrogen and oxygen atoms in total. The van der Waals surface area contributed by atoms with Crippen molar-refractivity contribution in [1.82, 2.24) is 0 Å². The summed E-state index contributed by atoms with van der Waals surface area (Å²) in [6.07, 6.45) is 1.05. The van der Waals surface area contributed by atoms with Gasteiger partial charge in [0.15, 0.2) is 9.84 Å². The van der Waals surface area contributed by atoms with Gasteiger partial charge < -0.3 is 4.74 Å². The number of carbonyl (C=O) groups excluding carboxylic acids is 1. The Labute approximate surface area is 83.9 Å². The smallest absolute Gasteiger partial charge is 0.333 e. The van der Waals surface area contributed by atoms with Crippen molar-refractivity contribution in [2.75, 3.05) is 18.6 Å². The first-order valence-corrected chi connectivity index (χ1v) is 6.23. The van der Waals surface area contributed by atoms with E-state index in [9.17, 15) is 13.2 Å². The Morgan fingerprint density at radius 3 is 2.64 bits per heavy atom. The summed E-state index contributed by atoms with van der Waals surface area (Å²) in [5.41, 5.74) is 0.356. The first kappa shape index (κ1) is 11.2. The van der Waals surface area contributed by atoms with Crippen LogP contribution in [0.5, 0.6) is 0 Å². The van der Waals surface area contributed by atoms with Crippen LogP contribution >= 0.6 is 0 Å². The lowest BCUT2D eigenvalue weighted by molar-refractivity contribution is -0.136. The highest BCUT2D eigenvalue weighted by Gasteiger charge is 2.29. The van der Waals surface area contributed by atoms with Gasteiger partial charge in [-0.25, -0.2) is 13.2 Å². The predicted octanol–water partition coefficient (Wildman–Crippen LogP) is 0.540. The third kappa shape index (κ3) is 2.83. The Kier molecular flexibility index (Phi) is 3.31. The molecule has 0 aromatic heterocycles. The average Bonchev–Trinajstić information content (AvgIpc) is 2.44. The van der Waals surface area contributed by atoms with E-state index in [1.807, 2.05) is 0 Å². The zero-order chi connectivity index (χ0) is 10.8. The van der Waals surface area contributed by atoms with Crippen LogP contribution in [-0.2, 0) is 19.4 Å². The number of ether oxygens (including phenoxy) is 1. The van der Waals surface area contributed by atoms with Gasteiger partial charge in [0.05, 0.1) is 18.6 Å². The number of hydrogen-bond donors (Lipinski definition) is 0. The van der Waals surface area contributed by atoms with E-state index in [0.717, 1.165) is 0 Å². The number of sulfone groups is 1. The molecule has 0 aliphatic carbocycles. The summed E-state index contributed by atoms with van der Waals surface area (Å²) >= 11 is 0. The third-order valence-electron chi connectivity index (χ3n) is 2.34. The van der Waals surface area contributed by atoms with Crippen LogP contribution in [0.3, 0.4) is 0 Å². The van der Waals surface area contributed by atoms with Gasteiger partial charge >= 0.3 is 5.97 Å². The number of hydrogen-bond acceptors (Lipinski definition) is 4. The van der Waals surface area contributed by atoms with Crippen molar-refractivity contribution in [2.24, 2.45) is 5.92 Å². The highest BCUT2D eigenvalue weighted by atomic mass is 32.2. The molecule has 0 amide bonds. The normalized spacial score (nSPS) is 24.5. The Bertz CT molecular complexity index is 342. The molecule has 0 saturated carbocycles. The minimum atomic E-state index is -2.87. The van der Waals surface area contributed by atoms with Crippen molar-refractivity contribution < 1.29 is 17.9 Å². The summed E-state index contributed by atoms with van der Waals surface area (Å²) in [5.74, 6) is -0.0179. The first-order valence-electron chi connectivity index (χ1n) is 4.41. The van der Waals surface area contributed by atoms with Crippen LogP contribution in [0, 0.1) is 5.92 Å². The van der Waals surface area contributed by atoms with Crippen molar-refractivity contribution in [1.29, 1.82) is 0 Å². The third-order valence-corrected chi connectivity index (χ3v) is 4.17. The minimum absolute atomic E-state index is 0.0339. The predicted molar refractivity (Wildman–Crippen MR) is 52.5 cm³/mol. The number of esters is 1. The van der Waals surface area contributed by atoms with Gasteiger partial charge in [-0.15, -0.1) is 0 Å². The monoisotopic (exact) mass is 218 g/mol. The van der Waals surface area contributed by atoms with Gasteiger partial charge in [-0.3, -0.25) is 0 Å². The zero-order valence-electron chi connectivity index (χ0n) is 8.15. The van der Waals surface area contributed by atoms with Gasteiger partial charge in [0.1, 0.15) is 0 Å². The molecule has 1 aliphatic heterocycles. The standard InChI is InChI=1S/C9H14O4S/c1-7(9(10)13-2)5-8-3-4-14(11,12)6-8/h8H,1,3-6H2,2H3. The molecule has 80 valence electrons. The fourth-order valence-electron chi connectivity index (χ4n) is 1.61. The fraction of sp³-hybridized carbons (Fsp3) is 0.667. The maximum atomic E-state index is 11.1. The van der Waals surface area contributed by atoms with E-state index in [2.05, 4.69) is 11.3 Å². The first-order chi connectivity index (χ1) is 6.44. The molecular weight excluding hydrogens is 204 g/mol. The van der Waals surface area contributed by atoms with Crippen LogP contribution in [-0.4, -0.2) is 33.0 Å². The zero-order valence-corrected chi connectivity index (χ0v) is 8.97. The van der Waals surface area contributed by atoms with Crippen LogP contribution < -0.4 is 0 Å². The van der Waals surface area contributed by atoms with Crippen LogP contribution in [0.15, 0.2) is 12.2 Å². The van der Waals surface area contributed by atoms with Crippen molar-refractivity contribution in [3.8, 4) is 0 Å². The fourth-order valence-corrected chi connectivity index (χ4v) is 3.47. The molecule has 0 aromatic rings. The molecule has 0 bridgehead atoms. The van der Waals surface area contributed by atoms with Gasteiger partial charge in [-0.2, -0.15) is 0 Å².